The molecule has 0 fully saturated rings. The second kappa shape index (κ2) is 8.36. The van der Waals surface area contributed by atoms with Crippen LogP contribution >= 0.6 is 11.3 Å². The first-order valence-corrected chi connectivity index (χ1v) is 11.1. The number of hydrogen-bond acceptors (Lipinski definition) is 4. The first-order chi connectivity index (χ1) is 14.5. The minimum absolute atomic E-state index is 0.862. The fourth-order valence-electron chi connectivity index (χ4n) is 3.68. The van der Waals surface area contributed by atoms with Gasteiger partial charge in [0, 0.05) is 57.2 Å². The summed E-state index contributed by atoms with van der Waals surface area (Å²) in [5.74, 6) is 1.03. The van der Waals surface area contributed by atoms with Gasteiger partial charge < -0.3 is 14.4 Å². The highest BCUT2D eigenvalue weighted by atomic mass is 32.1. The van der Waals surface area contributed by atoms with E-state index in [9.17, 15) is 0 Å². The summed E-state index contributed by atoms with van der Waals surface area (Å²) in [6, 6.07) is 21.7. The van der Waals surface area contributed by atoms with Gasteiger partial charge in [-0.1, -0.05) is 30.3 Å². The molecule has 154 valence electrons. The van der Waals surface area contributed by atoms with Crippen LogP contribution in [0.25, 0.3) is 33.2 Å². The molecule has 4 rings (SSSR count). The molecule has 0 aliphatic carbocycles. The largest absolute Gasteiger partial charge is 0.378 e. The smallest absolute Gasteiger partial charge is 0.151 e. The van der Waals surface area contributed by atoms with Gasteiger partial charge in [-0.2, -0.15) is 0 Å². The van der Waals surface area contributed by atoms with E-state index in [-0.39, 0.29) is 0 Å². The Bertz CT molecular complexity index is 1110. The molecule has 0 amide bonds. The zero-order valence-corrected chi connectivity index (χ0v) is 19.1. The SMILES string of the molecule is CCn1c(-c2cccs2)nc(-c2ccc(N(C)C)cc2)c1-c1ccc(N(C)C)cc1. The summed E-state index contributed by atoms with van der Waals surface area (Å²) in [5.41, 5.74) is 6.90. The highest BCUT2D eigenvalue weighted by Gasteiger charge is 2.21. The van der Waals surface area contributed by atoms with Crippen LogP contribution in [-0.2, 0) is 6.54 Å². The van der Waals surface area contributed by atoms with Gasteiger partial charge in [-0.3, -0.25) is 0 Å². The number of hydrogen-bond donors (Lipinski definition) is 0. The van der Waals surface area contributed by atoms with Crippen molar-refractivity contribution in [2.45, 2.75) is 13.5 Å². The Labute approximate surface area is 183 Å². The van der Waals surface area contributed by atoms with Gasteiger partial charge in [0.1, 0.15) is 0 Å². The van der Waals surface area contributed by atoms with Crippen LogP contribution in [0.15, 0.2) is 66.0 Å². The lowest BCUT2D eigenvalue weighted by Crippen LogP contribution is -2.08. The van der Waals surface area contributed by atoms with Gasteiger partial charge in [0.15, 0.2) is 5.82 Å². The molecule has 0 aliphatic rings. The Balaban J connectivity index is 1.91. The van der Waals surface area contributed by atoms with E-state index in [1.807, 2.05) is 0 Å². The van der Waals surface area contributed by atoms with Crippen LogP contribution in [0.5, 0.6) is 0 Å². The maximum absolute atomic E-state index is 5.15. The number of imidazole rings is 1. The minimum Gasteiger partial charge on any atom is -0.378 e. The normalized spacial score (nSPS) is 11.0. The fraction of sp³-hybridized carbons (Fsp3) is 0.240. The van der Waals surface area contributed by atoms with Gasteiger partial charge in [-0.05, 0) is 42.6 Å². The van der Waals surface area contributed by atoms with Crippen LogP contribution in [0.1, 0.15) is 6.92 Å². The molecule has 0 aliphatic heterocycles. The minimum atomic E-state index is 0.862. The van der Waals surface area contributed by atoms with Crippen molar-refractivity contribution in [3.05, 3.63) is 66.0 Å². The molecule has 0 atom stereocenters. The molecule has 2 aromatic heterocycles. The lowest BCUT2D eigenvalue weighted by molar-refractivity contribution is 0.779. The van der Waals surface area contributed by atoms with E-state index >= 15 is 0 Å². The molecule has 5 heteroatoms. The molecule has 0 saturated carbocycles. The summed E-state index contributed by atoms with van der Waals surface area (Å²) in [6.07, 6.45) is 0. The van der Waals surface area contributed by atoms with E-state index in [1.54, 1.807) is 11.3 Å². The molecule has 4 aromatic rings. The molecule has 30 heavy (non-hydrogen) atoms. The lowest BCUT2D eigenvalue weighted by atomic mass is 10.0. The Morgan fingerprint density at radius 2 is 1.37 bits per heavy atom. The molecule has 2 aromatic carbocycles. The molecule has 4 nitrogen and oxygen atoms in total. The van der Waals surface area contributed by atoms with Crippen LogP contribution in [0.4, 0.5) is 11.4 Å². The molecule has 0 saturated heterocycles. The van der Waals surface area contributed by atoms with E-state index in [0.29, 0.717) is 0 Å². The monoisotopic (exact) mass is 416 g/mol. The summed E-state index contributed by atoms with van der Waals surface area (Å²) < 4.78 is 2.34. The number of benzene rings is 2. The highest BCUT2D eigenvalue weighted by molar-refractivity contribution is 7.13. The second-order valence-electron chi connectivity index (χ2n) is 7.74. The standard InChI is InChI=1S/C25H28N4S/c1-6-29-24(19-11-15-21(16-12-19)28(4)5)23(26-25(29)22-8-7-17-30-22)18-9-13-20(14-10-18)27(2)3/h7-17H,6H2,1-5H3. The van der Waals surface area contributed by atoms with Crippen LogP contribution in [0.3, 0.4) is 0 Å². The first-order valence-electron chi connectivity index (χ1n) is 10.2. The molecule has 2 heterocycles. The molecule has 0 unspecified atom stereocenters. The molecule has 0 bridgehead atoms. The van der Waals surface area contributed by atoms with Crippen molar-refractivity contribution in [2.75, 3.05) is 38.0 Å². The summed E-state index contributed by atoms with van der Waals surface area (Å²) in [7, 11) is 8.26. The van der Waals surface area contributed by atoms with Crippen LogP contribution in [-0.4, -0.2) is 37.7 Å². The zero-order valence-electron chi connectivity index (χ0n) is 18.3. The van der Waals surface area contributed by atoms with Crippen molar-refractivity contribution < 1.29 is 0 Å². The molecular formula is C25H28N4S. The fourth-order valence-corrected chi connectivity index (χ4v) is 4.41. The van der Waals surface area contributed by atoms with Crippen LogP contribution in [0.2, 0.25) is 0 Å². The lowest BCUT2D eigenvalue weighted by Gasteiger charge is -2.15. The Morgan fingerprint density at radius 3 is 1.83 bits per heavy atom. The number of anilines is 2. The summed E-state index contributed by atoms with van der Waals surface area (Å²) >= 11 is 1.73. The van der Waals surface area contributed by atoms with Crippen molar-refractivity contribution in [1.29, 1.82) is 0 Å². The predicted octanol–water partition coefficient (Wildman–Crippen LogP) is 6.10. The third-order valence-electron chi connectivity index (χ3n) is 5.34. The van der Waals surface area contributed by atoms with Gasteiger partial charge in [0.05, 0.1) is 16.3 Å². The average molecular weight is 417 g/mol. The van der Waals surface area contributed by atoms with E-state index in [4.69, 9.17) is 4.98 Å². The van der Waals surface area contributed by atoms with Gasteiger partial charge in [-0.15, -0.1) is 11.3 Å². The third-order valence-corrected chi connectivity index (χ3v) is 6.21. The van der Waals surface area contributed by atoms with E-state index in [1.165, 1.54) is 27.5 Å². The Kier molecular flexibility index (Phi) is 5.64. The quantitative estimate of drug-likeness (QED) is 0.380. The number of aromatic nitrogens is 2. The number of rotatable bonds is 6. The topological polar surface area (TPSA) is 24.3 Å². The number of thiophene rings is 1. The molecule has 0 radical (unpaired) electrons. The summed E-state index contributed by atoms with van der Waals surface area (Å²) in [6.45, 7) is 3.05. The highest BCUT2D eigenvalue weighted by Crippen LogP contribution is 2.38. The third kappa shape index (κ3) is 3.73. The average Bonchev–Trinajstić information content (AvgIpc) is 3.41. The second-order valence-corrected chi connectivity index (χ2v) is 8.68. The first kappa shape index (κ1) is 20.2. The maximum atomic E-state index is 5.15. The molecular weight excluding hydrogens is 388 g/mol. The van der Waals surface area contributed by atoms with Crippen molar-refractivity contribution >= 4 is 22.7 Å². The van der Waals surface area contributed by atoms with Crippen molar-refractivity contribution in [1.82, 2.24) is 9.55 Å². The van der Waals surface area contributed by atoms with Crippen molar-refractivity contribution in [2.24, 2.45) is 0 Å². The van der Waals surface area contributed by atoms with E-state index in [0.717, 1.165) is 23.6 Å². The van der Waals surface area contributed by atoms with Crippen LogP contribution < -0.4 is 9.80 Å². The van der Waals surface area contributed by atoms with E-state index < -0.39 is 0 Å². The van der Waals surface area contributed by atoms with Gasteiger partial charge >= 0.3 is 0 Å². The van der Waals surface area contributed by atoms with Crippen molar-refractivity contribution in [3.63, 3.8) is 0 Å². The molecule has 0 N–H and O–H groups in total. The van der Waals surface area contributed by atoms with Gasteiger partial charge in [-0.25, -0.2) is 4.98 Å². The van der Waals surface area contributed by atoms with Gasteiger partial charge in [0.25, 0.3) is 0 Å². The van der Waals surface area contributed by atoms with Crippen LogP contribution in [0, 0.1) is 0 Å². The molecule has 0 spiro atoms. The Morgan fingerprint density at radius 1 is 0.800 bits per heavy atom. The number of nitrogens with zero attached hydrogens (tertiary/aromatic N) is 4. The predicted molar refractivity (Wildman–Crippen MR) is 131 cm³/mol. The maximum Gasteiger partial charge on any atom is 0.151 e. The zero-order chi connectivity index (χ0) is 21.3. The Hall–Kier alpha value is -3.05. The van der Waals surface area contributed by atoms with Gasteiger partial charge in [0.2, 0.25) is 0 Å². The van der Waals surface area contributed by atoms with Crippen molar-refractivity contribution in [3.8, 4) is 33.2 Å². The summed E-state index contributed by atoms with van der Waals surface area (Å²) in [4.78, 5) is 10.6. The summed E-state index contributed by atoms with van der Waals surface area (Å²) in [5, 5.41) is 2.11. The van der Waals surface area contributed by atoms with E-state index in [2.05, 4.69) is 116 Å².